The van der Waals surface area contributed by atoms with E-state index in [1.54, 1.807) is 19.1 Å². The molecule has 3 aromatic rings. The molecule has 3 aromatic carbocycles. The van der Waals surface area contributed by atoms with E-state index in [4.69, 9.17) is 23.2 Å². The van der Waals surface area contributed by atoms with E-state index in [-0.39, 0.29) is 32.7 Å². The van der Waals surface area contributed by atoms with Crippen molar-refractivity contribution < 1.29 is 26.4 Å². The van der Waals surface area contributed by atoms with Gasteiger partial charge in [0.25, 0.3) is 10.0 Å². The lowest BCUT2D eigenvalue weighted by Crippen LogP contribution is -2.40. The molecule has 0 aromatic heterocycles. The van der Waals surface area contributed by atoms with Crippen LogP contribution in [0, 0.1) is 6.92 Å². The third kappa shape index (κ3) is 6.22. The molecule has 34 heavy (non-hydrogen) atoms. The first-order chi connectivity index (χ1) is 15.9. The summed E-state index contributed by atoms with van der Waals surface area (Å²) in [6.07, 6.45) is -4.53. The fraction of sp³-hybridized carbons (Fsp3) is 0.174. The molecule has 0 aliphatic carbocycles. The summed E-state index contributed by atoms with van der Waals surface area (Å²) in [4.78, 5) is 12.6. The molecule has 0 bridgehead atoms. The molecule has 0 unspecified atom stereocenters. The Kier molecular flexibility index (Phi) is 7.80. The maximum atomic E-state index is 13.4. The van der Waals surface area contributed by atoms with Crippen molar-refractivity contribution >= 4 is 44.8 Å². The van der Waals surface area contributed by atoms with Gasteiger partial charge in [0.2, 0.25) is 5.91 Å². The van der Waals surface area contributed by atoms with Crippen molar-refractivity contribution in [3.05, 3.63) is 93.5 Å². The van der Waals surface area contributed by atoms with Crippen LogP contribution in [0.2, 0.25) is 10.0 Å². The van der Waals surface area contributed by atoms with E-state index >= 15 is 0 Å². The van der Waals surface area contributed by atoms with Gasteiger partial charge in [-0.2, -0.15) is 13.2 Å². The van der Waals surface area contributed by atoms with Crippen LogP contribution in [0.4, 0.5) is 18.9 Å². The molecule has 0 aliphatic rings. The first kappa shape index (κ1) is 25.9. The number of anilines is 1. The number of carbonyl (C=O) groups excluding carboxylic acids is 1. The average Bonchev–Trinajstić information content (AvgIpc) is 2.77. The molecule has 3 rings (SSSR count). The van der Waals surface area contributed by atoms with Crippen molar-refractivity contribution in [2.45, 2.75) is 24.5 Å². The summed E-state index contributed by atoms with van der Waals surface area (Å²) in [5, 5.41) is 2.70. The summed E-state index contributed by atoms with van der Waals surface area (Å²) >= 11 is 12.3. The minimum absolute atomic E-state index is 0.0102. The van der Waals surface area contributed by atoms with Crippen LogP contribution in [0.1, 0.15) is 16.7 Å². The van der Waals surface area contributed by atoms with Crippen LogP contribution >= 0.6 is 23.2 Å². The van der Waals surface area contributed by atoms with Gasteiger partial charge in [-0.3, -0.25) is 9.10 Å². The highest BCUT2D eigenvalue weighted by Crippen LogP contribution is 2.33. The third-order valence-corrected chi connectivity index (χ3v) is 7.15. The number of sulfonamides is 1. The summed E-state index contributed by atoms with van der Waals surface area (Å²) in [5.41, 5.74) is 0.180. The molecule has 0 saturated heterocycles. The SMILES string of the molecule is Cc1ccc(S(=O)(=O)N(CC(=O)NCc2cccc(C(F)(F)F)c2)c2cc(Cl)ccc2Cl)cc1. The number of hydrogen-bond acceptors (Lipinski definition) is 3. The smallest absolute Gasteiger partial charge is 0.350 e. The third-order valence-electron chi connectivity index (χ3n) is 4.82. The molecule has 1 amide bonds. The zero-order valence-corrected chi connectivity index (χ0v) is 20.1. The number of hydrogen-bond donors (Lipinski definition) is 1. The van der Waals surface area contributed by atoms with Gasteiger partial charge in [-0.15, -0.1) is 0 Å². The lowest BCUT2D eigenvalue weighted by atomic mass is 10.1. The molecule has 1 N–H and O–H groups in total. The summed E-state index contributed by atoms with van der Waals surface area (Å²) in [7, 11) is -4.23. The highest BCUT2D eigenvalue weighted by molar-refractivity contribution is 7.92. The van der Waals surface area contributed by atoms with E-state index in [0.29, 0.717) is 0 Å². The van der Waals surface area contributed by atoms with Gasteiger partial charge in [-0.1, -0.05) is 53.0 Å². The largest absolute Gasteiger partial charge is 0.416 e. The molecule has 0 saturated carbocycles. The van der Waals surface area contributed by atoms with Gasteiger partial charge in [-0.05, 0) is 55.0 Å². The zero-order chi connectivity index (χ0) is 25.1. The minimum Gasteiger partial charge on any atom is -0.350 e. The molecule has 0 atom stereocenters. The van der Waals surface area contributed by atoms with Crippen LogP contribution in [0.25, 0.3) is 0 Å². The number of carbonyl (C=O) groups is 1. The number of amides is 1. The lowest BCUT2D eigenvalue weighted by Gasteiger charge is -2.25. The lowest BCUT2D eigenvalue weighted by molar-refractivity contribution is -0.137. The van der Waals surface area contributed by atoms with Gasteiger partial charge in [0.15, 0.2) is 0 Å². The number of rotatable bonds is 7. The molecule has 0 fully saturated rings. The van der Waals surface area contributed by atoms with E-state index in [0.717, 1.165) is 22.0 Å². The second kappa shape index (κ2) is 10.2. The predicted molar refractivity (Wildman–Crippen MR) is 125 cm³/mol. The summed E-state index contributed by atoms with van der Waals surface area (Å²) in [5.74, 6) is -0.746. The van der Waals surface area contributed by atoms with Crippen LogP contribution in [-0.2, 0) is 27.5 Å². The number of aryl methyl sites for hydroxylation is 1. The molecule has 0 radical (unpaired) electrons. The van der Waals surface area contributed by atoms with Gasteiger partial charge in [0.1, 0.15) is 6.54 Å². The first-order valence-corrected chi connectivity index (χ1v) is 12.0. The van der Waals surface area contributed by atoms with Gasteiger partial charge in [0, 0.05) is 11.6 Å². The van der Waals surface area contributed by atoms with E-state index < -0.39 is 34.2 Å². The number of benzene rings is 3. The number of nitrogens with one attached hydrogen (secondary N) is 1. The number of alkyl halides is 3. The highest BCUT2D eigenvalue weighted by Gasteiger charge is 2.31. The second-order valence-corrected chi connectivity index (χ2v) is 10.1. The van der Waals surface area contributed by atoms with Crippen molar-refractivity contribution in [2.24, 2.45) is 0 Å². The van der Waals surface area contributed by atoms with Crippen LogP contribution in [0.15, 0.2) is 71.6 Å². The average molecular weight is 531 g/mol. The molecular weight excluding hydrogens is 512 g/mol. The molecule has 5 nitrogen and oxygen atoms in total. The van der Waals surface area contributed by atoms with Gasteiger partial charge < -0.3 is 5.32 Å². The number of halogens is 5. The fourth-order valence-corrected chi connectivity index (χ4v) is 4.93. The summed E-state index contributed by atoms with van der Waals surface area (Å²) in [6.45, 7) is 0.892. The summed E-state index contributed by atoms with van der Waals surface area (Å²) in [6, 6.07) is 14.7. The van der Waals surface area contributed by atoms with E-state index in [9.17, 15) is 26.4 Å². The van der Waals surface area contributed by atoms with Crippen LogP contribution < -0.4 is 9.62 Å². The minimum atomic E-state index is -4.53. The first-order valence-electron chi connectivity index (χ1n) is 9.85. The van der Waals surface area contributed by atoms with Crippen molar-refractivity contribution in [1.29, 1.82) is 0 Å². The van der Waals surface area contributed by atoms with Crippen molar-refractivity contribution in [3.63, 3.8) is 0 Å². The van der Waals surface area contributed by atoms with E-state index in [2.05, 4.69) is 5.32 Å². The molecule has 11 heteroatoms. The van der Waals surface area contributed by atoms with Gasteiger partial charge >= 0.3 is 6.18 Å². The Bertz CT molecular complexity index is 1300. The summed E-state index contributed by atoms with van der Waals surface area (Å²) < 4.78 is 66.4. The zero-order valence-electron chi connectivity index (χ0n) is 17.7. The molecule has 0 aliphatic heterocycles. The quantitative estimate of drug-likeness (QED) is 0.417. The van der Waals surface area contributed by atoms with Crippen LogP contribution in [0.3, 0.4) is 0 Å². The van der Waals surface area contributed by atoms with Crippen LogP contribution in [-0.4, -0.2) is 20.9 Å². The Labute approximate surface area is 205 Å². The van der Waals surface area contributed by atoms with Gasteiger partial charge in [0.05, 0.1) is 21.2 Å². The Morgan fingerprint density at radius 3 is 2.32 bits per heavy atom. The van der Waals surface area contributed by atoms with Crippen molar-refractivity contribution in [3.8, 4) is 0 Å². The normalized spacial score (nSPS) is 11.8. The van der Waals surface area contributed by atoms with Crippen molar-refractivity contribution in [1.82, 2.24) is 5.32 Å². The Hall–Kier alpha value is -2.75. The highest BCUT2D eigenvalue weighted by atomic mass is 35.5. The topological polar surface area (TPSA) is 66.5 Å². The predicted octanol–water partition coefficient (Wildman–Crippen LogP) is 5.83. The monoisotopic (exact) mass is 530 g/mol. The standard InChI is InChI=1S/C23H19Cl2F3N2O3S/c1-15-5-8-19(9-6-15)34(32,33)30(21-12-18(24)7-10-20(21)25)14-22(31)29-13-16-3-2-4-17(11-16)23(26,27)28/h2-12H,13-14H2,1H3,(H,29,31). The molecule has 0 spiro atoms. The second-order valence-electron chi connectivity index (χ2n) is 7.40. The number of nitrogens with zero attached hydrogens (tertiary/aromatic N) is 1. The fourth-order valence-electron chi connectivity index (χ4n) is 3.06. The van der Waals surface area contributed by atoms with Crippen molar-refractivity contribution in [2.75, 3.05) is 10.8 Å². The maximum absolute atomic E-state index is 13.4. The van der Waals surface area contributed by atoms with Crippen LogP contribution in [0.5, 0.6) is 0 Å². The maximum Gasteiger partial charge on any atom is 0.416 e. The Balaban J connectivity index is 1.88. The van der Waals surface area contributed by atoms with Gasteiger partial charge in [-0.25, -0.2) is 8.42 Å². The molecule has 180 valence electrons. The molecule has 0 heterocycles. The van der Waals surface area contributed by atoms with E-state index in [1.807, 2.05) is 0 Å². The molecular formula is C23H19Cl2F3N2O3S. The van der Waals surface area contributed by atoms with E-state index in [1.165, 1.54) is 42.5 Å². The Morgan fingerprint density at radius 1 is 1.00 bits per heavy atom. The Morgan fingerprint density at radius 2 is 1.68 bits per heavy atom.